The van der Waals surface area contributed by atoms with Crippen LogP contribution in [0.3, 0.4) is 0 Å². The average molecular weight is 735 g/mol. The zero-order valence-corrected chi connectivity index (χ0v) is 31.4. The van der Waals surface area contributed by atoms with E-state index in [9.17, 15) is 0 Å². The standard InChI is InChI=1S/C42H50N6O6/c1-49-30-5-6-31(34(13-30)51-3)39-45-36(47-54-39)20-43-40-14-23-8-26(17-40)32(27(9-23)18-40)22-52-35-11-25(4-7-33(35)50-2)38-46-37(53-48-38)21-44-41-15-24-10-28-12-29(19-41)42(28,41)16-24/h4-7,11,13,23-24,26-29,32,43-44H,8-10,12,14-22H2,1-3H3. The molecule has 2 aromatic heterocycles. The molecule has 7 unspecified atom stereocenters. The Morgan fingerprint density at radius 3 is 2.39 bits per heavy atom. The molecule has 8 saturated carbocycles. The van der Waals surface area contributed by atoms with Crippen LogP contribution in [-0.4, -0.2) is 59.3 Å². The van der Waals surface area contributed by atoms with Gasteiger partial charge in [0.1, 0.15) is 11.5 Å². The first kappa shape index (κ1) is 33.2. The van der Waals surface area contributed by atoms with Crippen LogP contribution in [0.4, 0.5) is 0 Å². The number of benzene rings is 2. The third kappa shape index (κ3) is 4.93. The molecule has 8 aliphatic carbocycles. The highest BCUT2D eigenvalue weighted by molar-refractivity contribution is 5.64. The van der Waals surface area contributed by atoms with Gasteiger partial charge in [0.15, 0.2) is 17.3 Å². The maximum absolute atomic E-state index is 6.66. The predicted octanol–water partition coefficient (Wildman–Crippen LogP) is 6.84. The quantitative estimate of drug-likeness (QED) is 0.140. The summed E-state index contributed by atoms with van der Waals surface area (Å²) < 4.78 is 34.8. The second-order valence-corrected chi connectivity index (χ2v) is 17.9. The summed E-state index contributed by atoms with van der Waals surface area (Å²) >= 11 is 0. The Morgan fingerprint density at radius 2 is 1.59 bits per heavy atom. The van der Waals surface area contributed by atoms with Crippen LogP contribution in [0.15, 0.2) is 45.4 Å². The van der Waals surface area contributed by atoms with Crippen LogP contribution in [0.2, 0.25) is 0 Å². The highest BCUT2D eigenvalue weighted by Crippen LogP contribution is 2.82. The number of hydrogen-bond acceptors (Lipinski definition) is 12. The van der Waals surface area contributed by atoms with E-state index in [2.05, 4.69) is 20.9 Å². The van der Waals surface area contributed by atoms with Crippen LogP contribution in [-0.2, 0) is 13.1 Å². The summed E-state index contributed by atoms with van der Waals surface area (Å²) in [4.78, 5) is 9.55. The molecule has 8 fully saturated rings. The third-order valence-electron chi connectivity index (χ3n) is 15.5. The zero-order chi connectivity index (χ0) is 36.2. The Kier molecular flexibility index (Phi) is 7.48. The zero-order valence-electron chi connectivity index (χ0n) is 31.4. The minimum atomic E-state index is 0.0883. The van der Waals surface area contributed by atoms with E-state index in [-0.39, 0.29) is 5.54 Å². The summed E-state index contributed by atoms with van der Waals surface area (Å²) in [5.74, 6) is 10.4. The molecule has 54 heavy (non-hydrogen) atoms. The van der Waals surface area contributed by atoms with Crippen LogP contribution in [0.5, 0.6) is 23.0 Å². The molecule has 2 aromatic carbocycles. The Hall–Kier alpha value is -4.16. The van der Waals surface area contributed by atoms with Crippen molar-refractivity contribution in [1.82, 2.24) is 30.9 Å². The first-order valence-corrected chi connectivity index (χ1v) is 20.1. The largest absolute Gasteiger partial charge is 0.497 e. The molecule has 12 heteroatoms. The van der Waals surface area contributed by atoms with Gasteiger partial charge in [-0.3, -0.25) is 0 Å². The van der Waals surface area contributed by atoms with E-state index in [1.54, 1.807) is 21.3 Å². The summed E-state index contributed by atoms with van der Waals surface area (Å²) in [5, 5.41) is 16.6. The van der Waals surface area contributed by atoms with Gasteiger partial charge < -0.3 is 38.6 Å². The van der Waals surface area contributed by atoms with Gasteiger partial charge in [0.2, 0.25) is 11.7 Å². The summed E-state index contributed by atoms with van der Waals surface area (Å²) in [6, 6.07) is 11.6. The molecular weight excluding hydrogens is 684 g/mol. The first-order valence-electron chi connectivity index (χ1n) is 20.1. The van der Waals surface area contributed by atoms with Crippen molar-refractivity contribution in [3.63, 3.8) is 0 Å². The van der Waals surface area contributed by atoms with Crippen LogP contribution in [0.1, 0.15) is 75.9 Å². The van der Waals surface area contributed by atoms with E-state index in [1.165, 1.54) is 51.4 Å². The fourth-order valence-corrected chi connectivity index (χ4v) is 13.6. The predicted molar refractivity (Wildman–Crippen MR) is 197 cm³/mol. The molecule has 6 bridgehead atoms. The molecule has 0 radical (unpaired) electrons. The lowest BCUT2D eigenvalue weighted by atomic mass is 9.35. The molecule has 0 aliphatic heterocycles. The number of ether oxygens (including phenoxy) is 4. The molecule has 284 valence electrons. The Bertz CT molecular complexity index is 2070. The maximum Gasteiger partial charge on any atom is 0.261 e. The van der Waals surface area contributed by atoms with E-state index in [4.69, 9.17) is 38.0 Å². The van der Waals surface area contributed by atoms with Crippen molar-refractivity contribution in [3.8, 4) is 45.8 Å². The smallest absolute Gasteiger partial charge is 0.261 e. The summed E-state index contributed by atoms with van der Waals surface area (Å²) in [6.07, 6.45) is 13.0. The second-order valence-electron chi connectivity index (χ2n) is 17.9. The number of rotatable bonds is 14. The normalized spacial score (nSPS) is 36.1. The van der Waals surface area contributed by atoms with Crippen molar-refractivity contribution >= 4 is 0 Å². The molecule has 12 rings (SSSR count). The number of hydrogen-bond donors (Lipinski definition) is 2. The van der Waals surface area contributed by atoms with Gasteiger partial charge in [0.25, 0.3) is 5.89 Å². The van der Waals surface area contributed by atoms with E-state index in [0.717, 1.165) is 59.1 Å². The minimum absolute atomic E-state index is 0.0883. The lowest BCUT2D eigenvalue weighted by Crippen LogP contribution is -2.75. The molecule has 8 aliphatic rings. The SMILES string of the molecule is COc1ccc(-c2nc(CNC34CC5CC(C3)C(COc3cc(-c6noc(CNC78CC9CC%10CC(C7)C%108C9)n6)ccc3OC)C(C5)C4)no2)c(OC)c1. The Labute approximate surface area is 315 Å². The van der Waals surface area contributed by atoms with Gasteiger partial charge in [-0.25, -0.2) is 0 Å². The monoisotopic (exact) mass is 734 g/mol. The topological polar surface area (TPSA) is 139 Å². The summed E-state index contributed by atoms with van der Waals surface area (Å²) in [5.41, 5.74) is 2.59. The van der Waals surface area contributed by atoms with Gasteiger partial charge in [-0.2, -0.15) is 9.97 Å². The highest BCUT2D eigenvalue weighted by Gasteiger charge is 2.80. The van der Waals surface area contributed by atoms with Crippen LogP contribution in [0.25, 0.3) is 22.8 Å². The number of methoxy groups -OCH3 is 3. The van der Waals surface area contributed by atoms with Gasteiger partial charge in [-0.05, 0) is 141 Å². The molecule has 0 amide bonds. The van der Waals surface area contributed by atoms with E-state index < -0.39 is 0 Å². The number of fused-ring (bicyclic) bond motifs is 1. The fraction of sp³-hybridized carbons (Fsp3) is 0.619. The molecule has 2 N–H and O–H groups in total. The highest BCUT2D eigenvalue weighted by atomic mass is 16.5. The molecule has 2 heterocycles. The van der Waals surface area contributed by atoms with E-state index in [0.29, 0.717) is 83.3 Å². The van der Waals surface area contributed by atoms with Crippen molar-refractivity contribution in [2.75, 3.05) is 27.9 Å². The molecule has 12 nitrogen and oxygen atoms in total. The average Bonchev–Trinajstić information content (AvgIpc) is 3.97. The van der Waals surface area contributed by atoms with Crippen molar-refractivity contribution in [2.24, 2.45) is 46.8 Å². The van der Waals surface area contributed by atoms with Crippen molar-refractivity contribution in [3.05, 3.63) is 48.1 Å². The van der Waals surface area contributed by atoms with Crippen molar-refractivity contribution < 1.29 is 28.0 Å². The van der Waals surface area contributed by atoms with Gasteiger partial charge in [0.05, 0.1) is 46.6 Å². The lowest BCUT2D eigenvalue weighted by Gasteiger charge is -2.73. The molecule has 0 saturated heterocycles. The number of aromatic nitrogens is 4. The van der Waals surface area contributed by atoms with Crippen LogP contribution >= 0.6 is 0 Å². The Morgan fingerprint density at radius 1 is 0.722 bits per heavy atom. The van der Waals surface area contributed by atoms with Crippen LogP contribution < -0.4 is 29.6 Å². The summed E-state index contributed by atoms with van der Waals surface area (Å²) in [7, 11) is 4.96. The molecular formula is C42H50N6O6. The van der Waals surface area contributed by atoms with Crippen molar-refractivity contribution in [2.45, 2.75) is 88.4 Å². The molecule has 4 aromatic rings. The molecule has 7 atom stereocenters. The maximum atomic E-state index is 6.66. The van der Waals surface area contributed by atoms with Gasteiger partial charge in [-0.1, -0.05) is 10.3 Å². The lowest BCUT2D eigenvalue weighted by molar-refractivity contribution is -0.207. The van der Waals surface area contributed by atoms with E-state index >= 15 is 0 Å². The van der Waals surface area contributed by atoms with Crippen LogP contribution in [0, 0.1) is 46.8 Å². The summed E-state index contributed by atoms with van der Waals surface area (Å²) in [6.45, 7) is 1.87. The number of nitrogens with zero attached hydrogens (tertiary/aromatic N) is 4. The minimum Gasteiger partial charge on any atom is -0.497 e. The van der Waals surface area contributed by atoms with Gasteiger partial charge >= 0.3 is 0 Å². The first-order chi connectivity index (χ1) is 26.4. The van der Waals surface area contributed by atoms with E-state index in [1.807, 2.05) is 36.4 Å². The van der Waals surface area contributed by atoms with Gasteiger partial charge in [-0.15, -0.1) is 0 Å². The molecule has 1 spiro atoms. The Balaban J connectivity index is 0.730. The fourth-order valence-electron chi connectivity index (χ4n) is 13.6. The van der Waals surface area contributed by atoms with Crippen molar-refractivity contribution in [1.29, 1.82) is 0 Å². The van der Waals surface area contributed by atoms with Gasteiger partial charge in [0, 0.05) is 22.7 Å². The third-order valence-corrected chi connectivity index (χ3v) is 15.5. The number of nitrogens with one attached hydrogen (secondary N) is 2. The second kappa shape index (κ2) is 12.2.